The van der Waals surface area contributed by atoms with E-state index in [9.17, 15) is 0 Å². The lowest BCUT2D eigenvalue weighted by molar-refractivity contribution is 0.203. The third-order valence-corrected chi connectivity index (χ3v) is 7.74. The average molecular weight is 371 g/mol. The predicted octanol–water partition coefficient (Wildman–Crippen LogP) is 6.01. The molecule has 4 aliphatic rings. The molecule has 0 amide bonds. The molecular weight excluding hydrogens is 328 g/mol. The standard InChI is InChI=1S/C25H42N2/c1-14-18(12-24(3,4)5)26-19(13-25(6,7)8)15(2)21-20(14)22-16-9-10-17(11-16)23(21)27-22/h14-15,18-21,26-27H,9-13H2,1-8H3. The van der Waals surface area contributed by atoms with Crippen LogP contribution in [0.4, 0.5) is 0 Å². The van der Waals surface area contributed by atoms with Crippen LogP contribution in [0.5, 0.6) is 0 Å². The molecule has 6 atom stereocenters. The molecule has 0 aromatic heterocycles. The van der Waals surface area contributed by atoms with Crippen molar-refractivity contribution in [3.8, 4) is 0 Å². The summed E-state index contributed by atoms with van der Waals surface area (Å²) in [6.07, 6.45) is 6.44. The lowest BCUT2D eigenvalue weighted by Gasteiger charge is -2.37. The molecule has 1 aliphatic carbocycles. The minimum Gasteiger partial charge on any atom is -0.362 e. The van der Waals surface area contributed by atoms with Crippen LogP contribution in [0.1, 0.15) is 87.5 Å². The van der Waals surface area contributed by atoms with Crippen LogP contribution in [0.3, 0.4) is 0 Å². The molecule has 4 bridgehead atoms. The van der Waals surface area contributed by atoms with Gasteiger partial charge in [-0.25, -0.2) is 0 Å². The Balaban J connectivity index is 1.75. The molecule has 1 saturated carbocycles. The lowest BCUT2D eigenvalue weighted by atomic mass is 9.70. The van der Waals surface area contributed by atoms with Crippen LogP contribution >= 0.6 is 0 Å². The van der Waals surface area contributed by atoms with Crippen molar-refractivity contribution < 1.29 is 0 Å². The van der Waals surface area contributed by atoms with Gasteiger partial charge >= 0.3 is 0 Å². The van der Waals surface area contributed by atoms with Gasteiger partial charge in [-0.05, 0) is 65.9 Å². The molecule has 2 N–H and O–H groups in total. The highest BCUT2D eigenvalue weighted by Gasteiger charge is 2.52. The Morgan fingerprint density at radius 1 is 0.741 bits per heavy atom. The van der Waals surface area contributed by atoms with E-state index in [1.807, 2.05) is 0 Å². The second-order valence-corrected chi connectivity index (χ2v) is 12.5. The van der Waals surface area contributed by atoms with Crippen molar-refractivity contribution in [3.63, 3.8) is 0 Å². The van der Waals surface area contributed by atoms with Gasteiger partial charge in [0, 0.05) is 35.3 Å². The Hall–Kier alpha value is -0.760. The zero-order chi connectivity index (χ0) is 19.7. The normalized spacial score (nSPS) is 38.8. The molecule has 2 nitrogen and oxygen atoms in total. The quantitative estimate of drug-likeness (QED) is 0.622. The molecule has 2 heteroatoms. The van der Waals surface area contributed by atoms with E-state index < -0.39 is 0 Å². The maximum Gasteiger partial charge on any atom is 0.0185 e. The zero-order valence-corrected chi connectivity index (χ0v) is 19.0. The fourth-order valence-corrected chi connectivity index (χ4v) is 6.58. The SMILES string of the molecule is CC1C(CC(C)(C)C)NC(CC(C)(C)C)C(C)C2C3=C4CCC(=C(N3)C12)C4. The second kappa shape index (κ2) is 6.37. The van der Waals surface area contributed by atoms with E-state index >= 15 is 0 Å². The van der Waals surface area contributed by atoms with Crippen molar-refractivity contribution in [3.05, 3.63) is 22.5 Å². The summed E-state index contributed by atoms with van der Waals surface area (Å²) in [5, 5.41) is 8.20. The molecule has 6 unspecified atom stereocenters. The van der Waals surface area contributed by atoms with Crippen molar-refractivity contribution in [1.82, 2.24) is 10.6 Å². The highest BCUT2D eigenvalue weighted by atomic mass is 15.0. The van der Waals surface area contributed by atoms with Crippen molar-refractivity contribution in [1.29, 1.82) is 0 Å². The Morgan fingerprint density at radius 3 is 1.52 bits per heavy atom. The zero-order valence-electron chi connectivity index (χ0n) is 19.0. The van der Waals surface area contributed by atoms with Gasteiger partial charge in [-0.1, -0.05) is 55.4 Å². The van der Waals surface area contributed by atoms with Gasteiger partial charge in [0.05, 0.1) is 0 Å². The van der Waals surface area contributed by atoms with Crippen LogP contribution in [0.15, 0.2) is 22.5 Å². The fourth-order valence-electron chi connectivity index (χ4n) is 6.58. The molecule has 0 radical (unpaired) electrons. The summed E-state index contributed by atoms with van der Waals surface area (Å²) in [6.45, 7) is 19.5. The molecule has 3 fully saturated rings. The van der Waals surface area contributed by atoms with E-state index in [-0.39, 0.29) is 0 Å². The van der Waals surface area contributed by atoms with Crippen molar-refractivity contribution in [2.24, 2.45) is 34.5 Å². The van der Waals surface area contributed by atoms with Gasteiger partial charge in [0.25, 0.3) is 0 Å². The molecule has 3 aliphatic heterocycles. The molecule has 0 spiro atoms. The maximum absolute atomic E-state index is 4.22. The van der Waals surface area contributed by atoms with Crippen LogP contribution < -0.4 is 10.6 Å². The first kappa shape index (κ1) is 19.6. The van der Waals surface area contributed by atoms with Crippen molar-refractivity contribution in [2.75, 3.05) is 0 Å². The number of hydrogen-bond donors (Lipinski definition) is 2. The first-order chi connectivity index (χ1) is 12.4. The van der Waals surface area contributed by atoms with Crippen LogP contribution in [-0.4, -0.2) is 12.1 Å². The number of nitrogens with one attached hydrogen (secondary N) is 2. The summed E-state index contributed by atoms with van der Waals surface area (Å²) in [6, 6.07) is 1.21. The molecule has 4 rings (SSSR count). The monoisotopic (exact) mass is 370 g/mol. The van der Waals surface area contributed by atoms with E-state index in [2.05, 4.69) is 66.0 Å². The number of fused-ring (bicyclic) bond motifs is 7. The lowest BCUT2D eigenvalue weighted by Crippen LogP contribution is -2.47. The van der Waals surface area contributed by atoms with Crippen molar-refractivity contribution >= 4 is 0 Å². The van der Waals surface area contributed by atoms with Gasteiger partial charge < -0.3 is 10.6 Å². The van der Waals surface area contributed by atoms with Gasteiger partial charge in [0.1, 0.15) is 0 Å². The van der Waals surface area contributed by atoms with Gasteiger partial charge in [-0.2, -0.15) is 0 Å². The first-order valence-corrected chi connectivity index (χ1v) is 11.4. The Bertz CT molecular complexity index is 613. The van der Waals surface area contributed by atoms with E-state index in [4.69, 9.17) is 0 Å². The minimum absolute atomic E-state index is 0.362. The highest BCUT2D eigenvalue weighted by Crippen LogP contribution is 2.56. The minimum atomic E-state index is 0.362. The summed E-state index contributed by atoms with van der Waals surface area (Å²) < 4.78 is 0. The van der Waals surface area contributed by atoms with Crippen LogP contribution in [0.25, 0.3) is 0 Å². The third-order valence-electron chi connectivity index (χ3n) is 7.74. The summed E-state index contributed by atoms with van der Waals surface area (Å²) in [7, 11) is 0. The van der Waals surface area contributed by atoms with Gasteiger partial charge in [0.15, 0.2) is 0 Å². The van der Waals surface area contributed by atoms with Gasteiger partial charge in [0.2, 0.25) is 0 Å². The fraction of sp³-hybridized carbons (Fsp3) is 0.840. The highest BCUT2D eigenvalue weighted by molar-refractivity contribution is 5.46. The van der Waals surface area contributed by atoms with E-state index in [0.717, 1.165) is 0 Å². The molecular formula is C25H42N2. The van der Waals surface area contributed by atoms with Crippen LogP contribution in [0, 0.1) is 34.5 Å². The second-order valence-electron chi connectivity index (χ2n) is 12.5. The molecule has 27 heavy (non-hydrogen) atoms. The molecule has 2 saturated heterocycles. The molecule has 0 aromatic carbocycles. The number of hydrogen-bond acceptors (Lipinski definition) is 2. The van der Waals surface area contributed by atoms with Crippen molar-refractivity contribution in [2.45, 2.75) is 99.6 Å². The largest absolute Gasteiger partial charge is 0.362 e. The van der Waals surface area contributed by atoms with Gasteiger partial charge in [-0.15, -0.1) is 0 Å². The number of rotatable bonds is 2. The summed E-state index contributed by atoms with van der Waals surface area (Å²) in [5.74, 6) is 2.78. The number of allylic oxidation sites excluding steroid dienone is 4. The van der Waals surface area contributed by atoms with E-state index in [1.54, 1.807) is 22.5 Å². The molecule has 0 aromatic rings. The summed E-state index contributed by atoms with van der Waals surface area (Å²) in [5.41, 5.74) is 7.50. The Morgan fingerprint density at radius 2 is 1.15 bits per heavy atom. The van der Waals surface area contributed by atoms with Crippen LogP contribution in [-0.2, 0) is 0 Å². The summed E-state index contributed by atoms with van der Waals surface area (Å²) in [4.78, 5) is 0. The smallest absolute Gasteiger partial charge is 0.0185 e. The van der Waals surface area contributed by atoms with Crippen LogP contribution in [0.2, 0.25) is 0 Å². The maximum atomic E-state index is 4.22. The molecule has 152 valence electrons. The third kappa shape index (κ3) is 3.52. The average Bonchev–Trinajstić information content (AvgIpc) is 3.03. The summed E-state index contributed by atoms with van der Waals surface area (Å²) >= 11 is 0. The van der Waals surface area contributed by atoms with E-state index in [1.165, 1.54) is 32.1 Å². The van der Waals surface area contributed by atoms with E-state index in [0.29, 0.717) is 46.6 Å². The Labute approximate surface area is 167 Å². The molecule has 3 heterocycles. The predicted molar refractivity (Wildman–Crippen MR) is 115 cm³/mol. The van der Waals surface area contributed by atoms with Gasteiger partial charge in [-0.3, -0.25) is 0 Å². The Kier molecular flexibility index (Phi) is 4.61. The number of dihydropyridines is 1. The topological polar surface area (TPSA) is 24.1 Å². The first-order valence-electron chi connectivity index (χ1n) is 11.4.